The van der Waals surface area contributed by atoms with Crippen molar-refractivity contribution in [2.75, 3.05) is 13.1 Å². The molecule has 3 rings (SSSR count). The summed E-state index contributed by atoms with van der Waals surface area (Å²) in [4.78, 5) is 29.6. The summed E-state index contributed by atoms with van der Waals surface area (Å²) < 4.78 is 6.87. The summed E-state index contributed by atoms with van der Waals surface area (Å²) in [5, 5.41) is 12.8. The van der Waals surface area contributed by atoms with Gasteiger partial charge < -0.3 is 9.64 Å². The van der Waals surface area contributed by atoms with Crippen LogP contribution in [0.2, 0.25) is 0 Å². The molecule has 122 valence electrons. The second-order valence-electron chi connectivity index (χ2n) is 5.38. The summed E-state index contributed by atoms with van der Waals surface area (Å²) in [6.07, 6.45) is 3.47. The highest BCUT2D eigenvalue weighted by atomic mass is 16.5. The molecule has 0 radical (unpaired) electrons. The predicted octanol–water partition coefficient (Wildman–Crippen LogP) is 0.190. The number of nitriles is 1. The fourth-order valence-corrected chi connectivity index (χ4v) is 2.50. The van der Waals surface area contributed by atoms with E-state index in [1.165, 1.54) is 24.5 Å². The van der Waals surface area contributed by atoms with Gasteiger partial charge in [0, 0.05) is 37.5 Å². The molecule has 1 unspecified atom stereocenters. The van der Waals surface area contributed by atoms with E-state index in [9.17, 15) is 9.59 Å². The smallest absolute Gasteiger partial charge is 0.267 e. The lowest BCUT2D eigenvalue weighted by molar-refractivity contribution is -0.131. The first-order valence-corrected chi connectivity index (χ1v) is 7.48. The molecule has 24 heavy (non-hydrogen) atoms. The highest BCUT2D eigenvalue weighted by molar-refractivity contribution is 5.76. The first-order chi connectivity index (χ1) is 11.7. The summed E-state index contributed by atoms with van der Waals surface area (Å²) in [6.45, 7) is 0.871. The number of ether oxygens (including phenoxy) is 1. The molecule has 1 aliphatic heterocycles. The van der Waals surface area contributed by atoms with Gasteiger partial charge in [0.1, 0.15) is 12.6 Å². The van der Waals surface area contributed by atoms with E-state index in [0.29, 0.717) is 31.0 Å². The second kappa shape index (κ2) is 6.91. The molecule has 2 aromatic heterocycles. The van der Waals surface area contributed by atoms with E-state index in [1.54, 1.807) is 17.0 Å². The maximum Gasteiger partial charge on any atom is 0.267 e. The van der Waals surface area contributed by atoms with Crippen molar-refractivity contribution in [2.24, 2.45) is 0 Å². The van der Waals surface area contributed by atoms with E-state index in [4.69, 9.17) is 10.00 Å². The van der Waals surface area contributed by atoms with Crippen molar-refractivity contribution in [1.29, 1.82) is 5.26 Å². The Morgan fingerprint density at radius 3 is 3.08 bits per heavy atom. The van der Waals surface area contributed by atoms with Crippen LogP contribution in [0.1, 0.15) is 12.0 Å². The zero-order valence-corrected chi connectivity index (χ0v) is 12.8. The number of pyridine rings is 1. The number of nitrogens with zero attached hydrogens (tertiary/aromatic N) is 5. The van der Waals surface area contributed by atoms with Gasteiger partial charge >= 0.3 is 0 Å². The average molecular weight is 325 g/mol. The van der Waals surface area contributed by atoms with Gasteiger partial charge in [0.25, 0.3) is 5.56 Å². The molecule has 3 heterocycles. The minimum absolute atomic E-state index is 0.0887. The Kier molecular flexibility index (Phi) is 4.52. The van der Waals surface area contributed by atoms with Gasteiger partial charge in [-0.3, -0.25) is 9.59 Å². The molecule has 2 aromatic rings. The van der Waals surface area contributed by atoms with Gasteiger partial charge in [-0.15, -0.1) is 0 Å². The molecule has 0 saturated carbocycles. The lowest BCUT2D eigenvalue weighted by Gasteiger charge is -2.17. The molecule has 1 amide bonds. The Bertz CT molecular complexity index is 842. The van der Waals surface area contributed by atoms with Crippen molar-refractivity contribution in [3.8, 4) is 11.9 Å². The van der Waals surface area contributed by atoms with Crippen molar-refractivity contribution in [2.45, 2.75) is 19.1 Å². The van der Waals surface area contributed by atoms with Crippen LogP contribution in [0.5, 0.6) is 5.88 Å². The van der Waals surface area contributed by atoms with Crippen LogP contribution in [0.25, 0.3) is 0 Å². The number of likely N-dealkylation sites (tertiary alicyclic amines) is 1. The quantitative estimate of drug-likeness (QED) is 0.795. The normalized spacial score (nSPS) is 16.6. The Morgan fingerprint density at radius 2 is 2.29 bits per heavy atom. The maximum atomic E-state index is 12.3. The Hall–Kier alpha value is -3.21. The summed E-state index contributed by atoms with van der Waals surface area (Å²) in [7, 11) is 0. The number of carbonyl (C=O) groups is 1. The van der Waals surface area contributed by atoms with Crippen molar-refractivity contribution in [1.82, 2.24) is 19.7 Å². The summed E-state index contributed by atoms with van der Waals surface area (Å²) >= 11 is 0. The van der Waals surface area contributed by atoms with Crippen LogP contribution in [-0.2, 0) is 11.3 Å². The molecule has 1 fully saturated rings. The van der Waals surface area contributed by atoms with E-state index in [1.807, 2.05) is 6.07 Å². The molecule has 1 atom stereocenters. The molecule has 0 aliphatic carbocycles. The van der Waals surface area contributed by atoms with Crippen LogP contribution < -0.4 is 10.3 Å². The molecule has 8 heteroatoms. The third-order valence-corrected chi connectivity index (χ3v) is 3.72. The molecule has 1 aliphatic rings. The van der Waals surface area contributed by atoms with Crippen LogP contribution in [0.3, 0.4) is 0 Å². The Balaban J connectivity index is 1.59. The number of hydrogen-bond acceptors (Lipinski definition) is 6. The van der Waals surface area contributed by atoms with Gasteiger partial charge in [0.05, 0.1) is 18.2 Å². The molecule has 0 aromatic carbocycles. The highest BCUT2D eigenvalue weighted by Crippen LogP contribution is 2.17. The third-order valence-electron chi connectivity index (χ3n) is 3.72. The minimum Gasteiger partial charge on any atom is -0.472 e. The zero-order chi connectivity index (χ0) is 16.9. The lowest BCUT2D eigenvalue weighted by atomic mass is 10.3. The molecule has 0 bridgehead atoms. The van der Waals surface area contributed by atoms with E-state index in [-0.39, 0.29) is 24.1 Å². The Labute approximate surface area is 137 Å². The van der Waals surface area contributed by atoms with Gasteiger partial charge in [0.2, 0.25) is 11.8 Å². The van der Waals surface area contributed by atoms with Crippen molar-refractivity contribution in [3.63, 3.8) is 0 Å². The highest BCUT2D eigenvalue weighted by Gasteiger charge is 2.28. The van der Waals surface area contributed by atoms with Gasteiger partial charge in [-0.2, -0.15) is 10.4 Å². The standard InChI is InChI=1S/C16H15N5O3/c17-9-12-3-6-18-14(8-12)24-13-4-7-20(10-13)16(23)11-21-15(22)2-1-5-19-21/h1-3,5-6,8,13H,4,7,10-11H2. The topological polar surface area (TPSA) is 101 Å². The van der Waals surface area contributed by atoms with E-state index >= 15 is 0 Å². The molecule has 0 spiro atoms. The summed E-state index contributed by atoms with van der Waals surface area (Å²) in [5.41, 5.74) is 0.163. The van der Waals surface area contributed by atoms with Crippen LogP contribution in [0.15, 0.2) is 41.5 Å². The summed E-state index contributed by atoms with van der Waals surface area (Å²) in [6, 6.07) is 8.09. The first kappa shape index (κ1) is 15.7. The average Bonchev–Trinajstić information content (AvgIpc) is 3.06. The fraction of sp³-hybridized carbons (Fsp3) is 0.312. The summed E-state index contributed by atoms with van der Waals surface area (Å²) in [5.74, 6) is 0.190. The maximum absolute atomic E-state index is 12.3. The predicted molar refractivity (Wildman–Crippen MR) is 83.1 cm³/mol. The van der Waals surface area contributed by atoms with E-state index < -0.39 is 0 Å². The lowest BCUT2D eigenvalue weighted by Crippen LogP contribution is -2.36. The number of hydrogen-bond donors (Lipinski definition) is 0. The second-order valence-corrected chi connectivity index (χ2v) is 5.38. The van der Waals surface area contributed by atoms with Crippen LogP contribution in [0, 0.1) is 11.3 Å². The molecule has 1 saturated heterocycles. The van der Waals surface area contributed by atoms with E-state index in [0.717, 1.165) is 4.68 Å². The zero-order valence-electron chi connectivity index (χ0n) is 12.8. The van der Waals surface area contributed by atoms with Crippen LogP contribution in [-0.4, -0.2) is 44.8 Å². The molecular formula is C16H15N5O3. The first-order valence-electron chi connectivity index (χ1n) is 7.48. The number of rotatable bonds is 4. The van der Waals surface area contributed by atoms with Gasteiger partial charge in [-0.1, -0.05) is 0 Å². The van der Waals surface area contributed by atoms with Crippen LogP contribution in [0.4, 0.5) is 0 Å². The fourth-order valence-electron chi connectivity index (χ4n) is 2.50. The van der Waals surface area contributed by atoms with Crippen molar-refractivity contribution >= 4 is 5.91 Å². The molecule has 8 nitrogen and oxygen atoms in total. The van der Waals surface area contributed by atoms with Gasteiger partial charge in [-0.05, 0) is 12.1 Å². The van der Waals surface area contributed by atoms with Crippen molar-refractivity contribution < 1.29 is 9.53 Å². The molecule has 0 N–H and O–H groups in total. The van der Waals surface area contributed by atoms with Gasteiger partial charge in [-0.25, -0.2) is 9.67 Å². The van der Waals surface area contributed by atoms with Gasteiger partial charge in [0.15, 0.2) is 0 Å². The van der Waals surface area contributed by atoms with Crippen LogP contribution >= 0.6 is 0 Å². The number of amides is 1. The minimum atomic E-state index is -0.310. The molecular weight excluding hydrogens is 310 g/mol. The largest absolute Gasteiger partial charge is 0.472 e. The monoisotopic (exact) mass is 325 g/mol. The van der Waals surface area contributed by atoms with Crippen molar-refractivity contribution in [3.05, 3.63) is 52.6 Å². The SMILES string of the molecule is N#Cc1ccnc(OC2CCN(C(=O)Cn3ncccc3=O)C2)c1. The Morgan fingerprint density at radius 1 is 1.42 bits per heavy atom. The third kappa shape index (κ3) is 3.57. The number of carbonyl (C=O) groups excluding carboxylic acids is 1. The van der Waals surface area contributed by atoms with E-state index in [2.05, 4.69) is 10.1 Å². The number of aromatic nitrogens is 3.